The predicted octanol–water partition coefficient (Wildman–Crippen LogP) is 0.834. The van der Waals surface area contributed by atoms with Gasteiger partial charge in [-0.25, -0.2) is 0 Å². The van der Waals surface area contributed by atoms with Crippen molar-refractivity contribution in [1.29, 1.82) is 0 Å². The number of nitrogens with one attached hydrogen (secondary N) is 2. The van der Waals surface area contributed by atoms with Gasteiger partial charge in [0, 0.05) is 19.6 Å². The lowest BCUT2D eigenvalue weighted by Crippen LogP contribution is -2.39. The van der Waals surface area contributed by atoms with Crippen LogP contribution in [0.5, 0.6) is 0 Å². The Morgan fingerprint density at radius 2 is 2.06 bits per heavy atom. The van der Waals surface area contributed by atoms with Crippen LogP contribution in [-0.2, 0) is 4.79 Å². The van der Waals surface area contributed by atoms with Gasteiger partial charge in [0.1, 0.15) is 0 Å². The van der Waals surface area contributed by atoms with Crippen LogP contribution in [0.1, 0.15) is 33.6 Å². The highest BCUT2D eigenvalue weighted by Gasteiger charge is 2.14. The summed E-state index contributed by atoms with van der Waals surface area (Å²) in [5, 5.41) is 6.35. The van der Waals surface area contributed by atoms with Gasteiger partial charge in [-0.2, -0.15) is 0 Å². The zero-order valence-corrected chi connectivity index (χ0v) is 11.5. The molecule has 2 N–H and O–H groups in total. The van der Waals surface area contributed by atoms with Crippen LogP contribution in [0.25, 0.3) is 0 Å². The standard InChI is InChI=1S/C13H27N3O/c1-13(2,3)5-7-15-12(17)11-16-9-4-6-14-8-10-16/h14H,4-11H2,1-3H3,(H,15,17). The predicted molar refractivity (Wildman–Crippen MR) is 71.0 cm³/mol. The Morgan fingerprint density at radius 1 is 1.29 bits per heavy atom. The van der Waals surface area contributed by atoms with E-state index in [9.17, 15) is 4.79 Å². The Labute approximate surface area is 105 Å². The van der Waals surface area contributed by atoms with Crippen LogP contribution in [0, 0.1) is 5.41 Å². The molecule has 0 unspecified atom stereocenters. The van der Waals surface area contributed by atoms with E-state index in [0.717, 1.165) is 45.6 Å². The molecule has 0 aromatic rings. The Bertz CT molecular complexity index is 227. The van der Waals surface area contributed by atoms with Crippen LogP contribution >= 0.6 is 0 Å². The summed E-state index contributed by atoms with van der Waals surface area (Å²) in [6, 6.07) is 0. The molecule has 0 aromatic carbocycles. The van der Waals surface area contributed by atoms with Crippen molar-refractivity contribution in [3.8, 4) is 0 Å². The van der Waals surface area contributed by atoms with Gasteiger partial charge in [-0.1, -0.05) is 20.8 Å². The number of carbonyl (C=O) groups excluding carboxylic acids is 1. The molecule has 17 heavy (non-hydrogen) atoms. The molecule has 1 heterocycles. The molecule has 0 bridgehead atoms. The van der Waals surface area contributed by atoms with Crippen molar-refractivity contribution in [1.82, 2.24) is 15.5 Å². The van der Waals surface area contributed by atoms with Gasteiger partial charge in [0.25, 0.3) is 0 Å². The number of amides is 1. The van der Waals surface area contributed by atoms with E-state index in [1.807, 2.05) is 0 Å². The molecule has 1 aliphatic heterocycles. The van der Waals surface area contributed by atoms with E-state index < -0.39 is 0 Å². The average Bonchev–Trinajstić information content (AvgIpc) is 2.44. The van der Waals surface area contributed by atoms with Gasteiger partial charge in [-0.05, 0) is 31.3 Å². The van der Waals surface area contributed by atoms with Crippen LogP contribution in [0.2, 0.25) is 0 Å². The quantitative estimate of drug-likeness (QED) is 0.766. The number of carbonyl (C=O) groups is 1. The number of nitrogens with zero attached hydrogens (tertiary/aromatic N) is 1. The van der Waals surface area contributed by atoms with E-state index in [4.69, 9.17) is 0 Å². The second-order valence-electron chi connectivity index (χ2n) is 6.04. The molecule has 0 atom stereocenters. The second-order valence-corrected chi connectivity index (χ2v) is 6.04. The number of rotatable bonds is 4. The smallest absolute Gasteiger partial charge is 0.234 e. The number of hydrogen-bond acceptors (Lipinski definition) is 3. The van der Waals surface area contributed by atoms with Crippen molar-refractivity contribution >= 4 is 5.91 Å². The molecule has 4 heteroatoms. The molecule has 1 fully saturated rings. The van der Waals surface area contributed by atoms with Crippen LogP contribution in [0.3, 0.4) is 0 Å². The van der Waals surface area contributed by atoms with Crippen LogP contribution in [0.15, 0.2) is 0 Å². The van der Waals surface area contributed by atoms with Gasteiger partial charge < -0.3 is 10.6 Å². The SMILES string of the molecule is CC(C)(C)CCNC(=O)CN1CCCNCC1. The van der Waals surface area contributed by atoms with Crippen LogP contribution in [-0.4, -0.2) is 50.1 Å². The molecule has 4 nitrogen and oxygen atoms in total. The van der Waals surface area contributed by atoms with Crippen LogP contribution < -0.4 is 10.6 Å². The van der Waals surface area contributed by atoms with E-state index in [2.05, 4.69) is 36.3 Å². The Kier molecular flexibility index (Phi) is 5.92. The molecule has 1 amide bonds. The van der Waals surface area contributed by atoms with Crippen molar-refractivity contribution in [2.24, 2.45) is 5.41 Å². The van der Waals surface area contributed by atoms with Gasteiger partial charge in [0.05, 0.1) is 6.54 Å². The third-order valence-electron chi connectivity index (χ3n) is 3.00. The maximum Gasteiger partial charge on any atom is 0.234 e. The van der Waals surface area contributed by atoms with E-state index in [-0.39, 0.29) is 5.91 Å². The van der Waals surface area contributed by atoms with Crippen molar-refractivity contribution < 1.29 is 4.79 Å². The molecule has 1 rings (SSSR count). The third kappa shape index (κ3) is 7.34. The lowest BCUT2D eigenvalue weighted by molar-refractivity contribution is -0.122. The monoisotopic (exact) mass is 241 g/mol. The van der Waals surface area contributed by atoms with Crippen molar-refractivity contribution in [2.45, 2.75) is 33.6 Å². The molecule has 1 aliphatic rings. The minimum absolute atomic E-state index is 0.163. The topological polar surface area (TPSA) is 44.4 Å². The Balaban J connectivity index is 2.15. The van der Waals surface area contributed by atoms with Gasteiger partial charge in [0.15, 0.2) is 0 Å². The average molecular weight is 241 g/mol. The molecule has 0 spiro atoms. The Hall–Kier alpha value is -0.610. The van der Waals surface area contributed by atoms with E-state index in [1.165, 1.54) is 0 Å². The maximum atomic E-state index is 11.7. The first-order chi connectivity index (χ1) is 7.97. The summed E-state index contributed by atoms with van der Waals surface area (Å²) < 4.78 is 0. The third-order valence-corrected chi connectivity index (χ3v) is 3.00. The van der Waals surface area contributed by atoms with Gasteiger partial charge in [-0.15, -0.1) is 0 Å². The zero-order valence-electron chi connectivity index (χ0n) is 11.5. The summed E-state index contributed by atoms with van der Waals surface area (Å²) in [5.41, 5.74) is 0.291. The van der Waals surface area contributed by atoms with E-state index in [1.54, 1.807) is 0 Å². The minimum Gasteiger partial charge on any atom is -0.355 e. The molecule has 100 valence electrons. The van der Waals surface area contributed by atoms with E-state index >= 15 is 0 Å². The van der Waals surface area contributed by atoms with Gasteiger partial charge in [0.2, 0.25) is 5.91 Å². The summed E-state index contributed by atoms with van der Waals surface area (Å²) in [4.78, 5) is 14.0. The minimum atomic E-state index is 0.163. The maximum absolute atomic E-state index is 11.7. The molecular formula is C13H27N3O. The Morgan fingerprint density at radius 3 is 2.76 bits per heavy atom. The zero-order chi connectivity index (χ0) is 12.7. The fourth-order valence-electron chi connectivity index (χ4n) is 1.90. The molecule has 0 radical (unpaired) electrons. The first-order valence-electron chi connectivity index (χ1n) is 6.67. The molecular weight excluding hydrogens is 214 g/mol. The summed E-state index contributed by atoms with van der Waals surface area (Å²) in [7, 11) is 0. The highest BCUT2D eigenvalue weighted by molar-refractivity contribution is 5.77. The summed E-state index contributed by atoms with van der Waals surface area (Å²) in [5.74, 6) is 0.163. The highest BCUT2D eigenvalue weighted by atomic mass is 16.2. The summed E-state index contributed by atoms with van der Waals surface area (Å²) in [6.07, 6.45) is 2.16. The lowest BCUT2D eigenvalue weighted by Gasteiger charge is -2.21. The van der Waals surface area contributed by atoms with Gasteiger partial charge in [-0.3, -0.25) is 9.69 Å². The normalized spacial score (nSPS) is 18.8. The lowest BCUT2D eigenvalue weighted by atomic mass is 9.92. The fourth-order valence-corrected chi connectivity index (χ4v) is 1.90. The first kappa shape index (κ1) is 14.5. The summed E-state index contributed by atoms with van der Waals surface area (Å²) in [6.45, 7) is 12.0. The molecule has 0 aromatic heterocycles. The molecule has 1 saturated heterocycles. The first-order valence-corrected chi connectivity index (χ1v) is 6.67. The fraction of sp³-hybridized carbons (Fsp3) is 0.923. The molecule has 0 saturated carbocycles. The summed E-state index contributed by atoms with van der Waals surface area (Å²) >= 11 is 0. The van der Waals surface area contributed by atoms with Crippen molar-refractivity contribution in [3.05, 3.63) is 0 Å². The van der Waals surface area contributed by atoms with E-state index in [0.29, 0.717) is 12.0 Å². The largest absolute Gasteiger partial charge is 0.355 e. The van der Waals surface area contributed by atoms with Crippen LogP contribution in [0.4, 0.5) is 0 Å². The number of hydrogen-bond donors (Lipinski definition) is 2. The highest BCUT2D eigenvalue weighted by Crippen LogP contribution is 2.16. The second kappa shape index (κ2) is 6.97. The van der Waals surface area contributed by atoms with Crippen molar-refractivity contribution in [2.75, 3.05) is 39.3 Å². The van der Waals surface area contributed by atoms with Crippen molar-refractivity contribution in [3.63, 3.8) is 0 Å². The molecule has 0 aliphatic carbocycles. The van der Waals surface area contributed by atoms with Gasteiger partial charge >= 0.3 is 0 Å².